The first kappa shape index (κ1) is 23.0. The number of nitrogens with zero attached hydrogens (tertiary/aromatic N) is 5. The molecule has 0 fully saturated rings. The summed E-state index contributed by atoms with van der Waals surface area (Å²) in [5.74, 6) is -0.0270. The van der Waals surface area contributed by atoms with Gasteiger partial charge >= 0.3 is 6.03 Å². The fourth-order valence-electron chi connectivity index (χ4n) is 3.99. The molecular weight excluding hydrogens is 456 g/mol. The maximum atomic E-state index is 12.9. The van der Waals surface area contributed by atoms with Gasteiger partial charge in [-0.25, -0.2) is 9.78 Å². The van der Waals surface area contributed by atoms with Gasteiger partial charge in [-0.1, -0.05) is 6.07 Å². The van der Waals surface area contributed by atoms with Gasteiger partial charge in [-0.2, -0.15) is 5.10 Å². The van der Waals surface area contributed by atoms with Crippen LogP contribution in [-0.2, 0) is 0 Å². The van der Waals surface area contributed by atoms with Crippen molar-refractivity contribution in [3.05, 3.63) is 60.6 Å². The Hall–Kier alpha value is -4.73. The zero-order valence-electron chi connectivity index (χ0n) is 20.5. The minimum Gasteiger partial charge on any atom is -0.353 e. The number of hydrogen-bond donors (Lipinski definition) is 3. The van der Waals surface area contributed by atoms with E-state index in [9.17, 15) is 9.59 Å². The Morgan fingerprint density at radius 1 is 1.00 bits per heavy atom. The number of aromatic amines is 2. The Kier molecular flexibility index (Phi) is 5.85. The zero-order valence-corrected chi connectivity index (χ0v) is 20.5. The van der Waals surface area contributed by atoms with Gasteiger partial charge in [0.1, 0.15) is 0 Å². The first-order valence-corrected chi connectivity index (χ1v) is 11.5. The first-order valence-electron chi connectivity index (χ1n) is 11.5. The number of aromatic nitrogens is 5. The van der Waals surface area contributed by atoms with Gasteiger partial charge in [-0.15, -0.1) is 0 Å². The van der Waals surface area contributed by atoms with Crippen molar-refractivity contribution in [2.45, 2.75) is 6.92 Å². The van der Waals surface area contributed by atoms with Gasteiger partial charge in [-0.05, 0) is 37.3 Å². The number of fused-ring (bicyclic) bond motifs is 2. The van der Waals surface area contributed by atoms with E-state index in [1.54, 1.807) is 44.6 Å². The Bertz CT molecular complexity index is 1600. The van der Waals surface area contributed by atoms with Crippen molar-refractivity contribution in [1.29, 1.82) is 0 Å². The topological polar surface area (TPSA) is 123 Å². The molecule has 10 nitrogen and oxygen atoms in total. The Labute approximate surface area is 207 Å². The van der Waals surface area contributed by atoms with Crippen LogP contribution in [0.25, 0.3) is 44.5 Å². The summed E-state index contributed by atoms with van der Waals surface area (Å²) in [7, 11) is 5.14. The number of benzene rings is 1. The number of urea groups is 1. The van der Waals surface area contributed by atoms with E-state index in [0.29, 0.717) is 23.4 Å². The summed E-state index contributed by atoms with van der Waals surface area (Å²) >= 11 is 0. The van der Waals surface area contributed by atoms with Crippen LogP contribution in [0.1, 0.15) is 17.3 Å². The fourth-order valence-corrected chi connectivity index (χ4v) is 3.99. The smallest absolute Gasteiger partial charge is 0.321 e. The lowest BCUT2D eigenvalue weighted by Crippen LogP contribution is -2.27. The molecule has 182 valence electrons. The van der Waals surface area contributed by atoms with Crippen molar-refractivity contribution in [1.82, 2.24) is 34.9 Å². The molecule has 0 aliphatic heterocycles. The molecule has 0 spiro atoms. The van der Waals surface area contributed by atoms with Crippen molar-refractivity contribution < 1.29 is 9.59 Å². The van der Waals surface area contributed by atoms with Gasteiger partial charge in [0.05, 0.1) is 23.3 Å². The van der Waals surface area contributed by atoms with Gasteiger partial charge in [0.25, 0.3) is 5.91 Å². The van der Waals surface area contributed by atoms with E-state index in [1.807, 2.05) is 43.3 Å². The normalized spacial score (nSPS) is 11.1. The predicted octanol–water partition coefficient (Wildman–Crippen LogP) is 4.35. The molecule has 0 atom stereocenters. The van der Waals surface area contributed by atoms with Crippen molar-refractivity contribution in [3.63, 3.8) is 0 Å². The molecule has 0 aliphatic rings. The van der Waals surface area contributed by atoms with E-state index in [0.717, 1.165) is 38.8 Å². The van der Waals surface area contributed by atoms with Gasteiger partial charge in [0, 0.05) is 73.1 Å². The van der Waals surface area contributed by atoms with Gasteiger partial charge in [-0.3, -0.25) is 14.9 Å². The average molecular weight is 483 g/mol. The summed E-state index contributed by atoms with van der Waals surface area (Å²) in [5.41, 5.74) is 5.86. The number of carbonyl (C=O) groups excluding carboxylic acids is 2. The number of H-pyrrole nitrogens is 2. The molecule has 4 heterocycles. The van der Waals surface area contributed by atoms with Gasteiger partial charge < -0.3 is 20.1 Å². The molecule has 1 aromatic carbocycles. The molecule has 0 aliphatic carbocycles. The van der Waals surface area contributed by atoms with E-state index in [2.05, 4.69) is 30.5 Å². The van der Waals surface area contributed by atoms with Crippen molar-refractivity contribution >= 4 is 39.6 Å². The fraction of sp³-hybridized carbons (Fsp3) is 0.192. The van der Waals surface area contributed by atoms with E-state index >= 15 is 0 Å². The van der Waals surface area contributed by atoms with E-state index in [4.69, 9.17) is 0 Å². The van der Waals surface area contributed by atoms with E-state index < -0.39 is 0 Å². The highest BCUT2D eigenvalue weighted by molar-refractivity contribution is 6.08. The van der Waals surface area contributed by atoms with Crippen LogP contribution in [0.4, 0.5) is 10.5 Å². The number of amides is 3. The van der Waals surface area contributed by atoms with Crippen LogP contribution in [0.5, 0.6) is 0 Å². The molecule has 5 aromatic rings. The SMILES string of the molecule is CCN(C)C(=O)c1cccc2[nH]c(-c3[nH]nc4ncc(-c5cncc(NC(=O)N(C)C)c5)cc34)cc12. The third kappa shape index (κ3) is 4.13. The van der Waals surface area contributed by atoms with Crippen LogP contribution < -0.4 is 5.32 Å². The van der Waals surface area contributed by atoms with Crippen LogP contribution in [-0.4, -0.2) is 74.6 Å². The molecule has 0 saturated heterocycles. The Balaban J connectivity index is 1.55. The number of anilines is 1. The monoisotopic (exact) mass is 482 g/mol. The molecule has 0 saturated carbocycles. The van der Waals surface area contributed by atoms with Crippen LogP contribution in [0.2, 0.25) is 0 Å². The van der Waals surface area contributed by atoms with E-state index in [-0.39, 0.29) is 11.9 Å². The molecule has 3 N–H and O–H groups in total. The van der Waals surface area contributed by atoms with Crippen molar-refractivity contribution in [3.8, 4) is 22.5 Å². The number of pyridine rings is 2. The minimum atomic E-state index is -0.235. The van der Waals surface area contributed by atoms with Gasteiger partial charge in [0.15, 0.2) is 5.65 Å². The van der Waals surface area contributed by atoms with Crippen LogP contribution in [0.15, 0.2) is 55.0 Å². The lowest BCUT2D eigenvalue weighted by atomic mass is 10.1. The van der Waals surface area contributed by atoms with Crippen molar-refractivity contribution in [2.75, 3.05) is 33.0 Å². The average Bonchev–Trinajstić information content (AvgIpc) is 3.51. The van der Waals surface area contributed by atoms with Crippen molar-refractivity contribution in [2.24, 2.45) is 0 Å². The van der Waals surface area contributed by atoms with Crippen LogP contribution in [0.3, 0.4) is 0 Å². The highest BCUT2D eigenvalue weighted by Gasteiger charge is 2.18. The second-order valence-electron chi connectivity index (χ2n) is 8.75. The van der Waals surface area contributed by atoms with Crippen LogP contribution >= 0.6 is 0 Å². The molecule has 5 rings (SSSR count). The lowest BCUT2D eigenvalue weighted by Gasteiger charge is -2.14. The first-order chi connectivity index (χ1) is 17.4. The third-order valence-corrected chi connectivity index (χ3v) is 6.12. The molecule has 36 heavy (non-hydrogen) atoms. The maximum absolute atomic E-state index is 12.9. The lowest BCUT2D eigenvalue weighted by molar-refractivity contribution is 0.0804. The zero-order chi connectivity index (χ0) is 25.4. The van der Waals surface area contributed by atoms with E-state index in [1.165, 1.54) is 4.90 Å². The molecule has 0 radical (unpaired) electrons. The molecule has 4 aromatic heterocycles. The summed E-state index contributed by atoms with van der Waals surface area (Å²) in [4.78, 5) is 40.2. The minimum absolute atomic E-state index is 0.0270. The summed E-state index contributed by atoms with van der Waals surface area (Å²) in [6.07, 6.45) is 5.04. The standard InChI is InChI=1S/C26H26N8O2/c1-5-34(4)25(35)18-7-6-8-21-19(18)11-22(30-21)23-20-10-16(13-28-24(20)32-31-23)15-9-17(14-27-12-15)29-26(36)33(2)3/h6-14,30H,5H2,1-4H3,(H,29,36)(H,28,31,32). The van der Waals surface area contributed by atoms with Gasteiger partial charge in [0.2, 0.25) is 0 Å². The Morgan fingerprint density at radius 2 is 1.81 bits per heavy atom. The number of carbonyl (C=O) groups is 2. The molecule has 0 unspecified atom stereocenters. The number of hydrogen-bond acceptors (Lipinski definition) is 5. The predicted molar refractivity (Wildman–Crippen MR) is 140 cm³/mol. The highest BCUT2D eigenvalue weighted by Crippen LogP contribution is 2.32. The van der Waals surface area contributed by atoms with Crippen LogP contribution in [0, 0.1) is 0 Å². The molecule has 10 heteroatoms. The number of nitrogens with one attached hydrogen (secondary N) is 3. The summed E-state index contributed by atoms with van der Waals surface area (Å²) in [6.45, 7) is 2.57. The molecule has 0 bridgehead atoms. The molecule has 3 amide bonds. The summed E-state index contributed by atoms with van der Waals surface area (Å²) in [5, 5.41) is 11.9. The summed E-state index contributed by atoms with van der Waals surface area (Å²) in [6, 6.07) is 11.2. The number of rotatable bonds is 5. The second-order valence-corrected chi connectivity index (χ2v) is 8.75. The summed E-state index contributed by atoms with van der Waals surface area (Å²) < 4.78 is 0. The Morgan fingerprint density at radius 3 is 2.58 bits per heavy atom. The highest BCUT2D eigenvalue weighted by atomic mass is 16.2. The largest absolute Gasteiger partial charge is 0.353 e. The quantitative estimate of drug-likeness (QED) is 0.344. The second kappa shape index (κ2) is 9.14. The third-order valence-electron chi connectivity index (χ3n) is 6.12. The maximum Gasteiger partial charge on any atom is 0.321 e. The molecular formula is C26H26N8O2.